The van der Waals surface area contributed by atoms with Gasteiger partial charge in [0.2, 0.25) is 0 Å². The summed E-state index contributed by atoms with van der Waals surface area (Å²) in [4.78, 5) is 0. The molecule has 3 nitrogen and oxygen atoms in total. The number of hydrogen-bond donors (Lipinski definition) is 2. The van der Waals surface area contributed by atoms with Gasteiger partial charge in [0.25, 0.3) is 0 Å². The van der Waals surface area contributed by atoms with Crippen molar-refractivity contribution in [3.63, 3.8) is 0 Å². The number of fused-ring (bicyclic) bond motifs is 3. The zero-order valence-electron chi connectivity index (χ0n) is 15.2. The van der Waals surface area contributed by atoms with Crippen LogP contribution in [-0.2, 0) is 6.54 Å². The average molecular weight is 377 g/mol. The highest BCUT2D eigenvalue weighted by Gasteiger charge is 2.10. The van der Waals surface area contributed by atoms with Gasteiger partial charge in [0.1, 0.15) is 5.82 Å². The fourth-order valence-corrected chi connectivity index (χ4v) is 3.71. The van der Waals surface area contributed by atoms with E-state index in [0.29, 0.717) is 10.8 Å². The lowest BCUT2D eigenvalue weighted by Gasteiger charge is -2.12. The molecule has 1 heterocycles. The van der Waals surface area contributed by atoms with Crippen LogP contribution in [0.15, 0.2) is 60.7 Å². The zero-order chi connectivity index (χ0) is 19.0. The van der Waals surface area contributed by atoms with Crippen LogP contribution < -0.4 is 10.6 Å². The molecule has 1 aromatic heterocycles. The fraction of sp³-hybridized carbons (Fsp3) is 0.136. The van der Waals surface area contributed by atoms with Crippen LogP contribution >= 0.6 is 12.2 Å². The van der Waals surface area contributed by atoms with Gasteiger partial charge in [-0.1, -0.05) is 24.3 Å². The van der Waals surface area contributed by atoms with Crippen LogP contribution in [0.4, 0.5) is 15.8 Å². The summed E-state index contributed by atoms with van der Waals surface area (Å²) >= 11 is 5.36. The van der Waals surface area contributed by atoms with Crippen LogP contribution in [0, 0.1) is 12.7 Å². The molecule has 0 amide bonds. The molecule has 4 rings (SSSR count). The molecule has 27 heavy (non-hydrogen) atoms. The molecular weight excluding hydrogens is 357 g/mol. The van der Waals surface area contributed by atoms with Crippen molar-refractivity contribution < 1.29 is 4.39 Å². The molecular formula is C22H20FN3S. The smallest absolute Gasteiger partial charge is 0.175 e. The lowest BCUT2D eigenvalue weighted by atomic mass is 10.1. The molecule has 136 valence electrons. The Balaban J connectivity index is 1.64. The van der Waals surface area contributed by atoms with Gasteiger partial charge >= 0.3 is 0 Å². The maximum absolute atomic E-state index is 14.0. The van der Waals surface area contributed by atoms with E-state index in [1.54, 1.807) is 6.07 Å². The number of benzene rings is 3. The molecule has 4 aromatic rings. The third kappa shape index (κ3) is 3.26. The molecule has 3 aromatic carbocycles. The molecule has 0 unspecified atom stereocenters. The van der Waals surface area contributed by atoms with E-state index >= 15 is 0 Å². The van der Waals surface area contributed by atoms with Gasteiger partial charge in [-0.05, 0) is 68.0 Å². The first kappa shape index (κ1) is 17.5. The minimum absolute atomic E-state index is 0.319. The van der Waals surface area contributed by atoms with E-state index < -0.39 is 0 Å². The van der Waals surface area contributed by atoms with Crippen molar-refractivity contribution >= 4 is 50.5 Å². The van der Waals surface area contributed by atoms with Gasteiger partial charge in [-0.25, -0.2) is 4.39 Å². The number of aryl methyl sites for hydroxylation is 2. The van der Waals surface area contributed by atoms with Crippen LogP contribution in [0.3, 0.4) is 0 Å². The van der Waals surface area contributed by atoms with Gasteiger partial charge in [0.05, 0.1) is 5.69 Å². The predicted octanol–water partition coefficient (Wildman–Crippen LogP) is 6.07. The first-order valence-corrected chi connectivity index (χ1v) is 9.33. The van der Waals surface area contributed by atoms with Gasteiger partial charge < -0.3 is 15.2 Å². The monoisotopic (exact) mass is 377 g/mol. The number of aromatic nitrogens is 1. The topological polar surface area (TPSA) is 29.0 Å². The molecule has 0 aliphatic rings. The van der Waals surface area contributed by atoms with E-state index in [0.717, 1.165) is 17.8 Å². The van der Waals surface area contributed by atoms with Gasteiger partial charge in [0, 0.05) is 34.0 Å². The Morgan fingerprint density at radius 2 is 1.74 bits per heavy atom. The highest BCUT2D eigenvalue weighted by atomic mass is 32.1. The Morgan fingerprint density at radius 3 is 2.52 bits per heavy atom. The third-order valence-electron chi connectivity index (χ3n) is 4.72. The van der Waals surface area contributed by atoms with Crippen LogP contribution in [0.25, 0.3) is 21.8 Å². The maximum atomic E-state index is 14.0. The van der Waals surface area contributed by atoms with Gasteiger partial charge in [-0.2, -0.15) is 0 Å². The molecule has 0 spiro atoms. The number of nitrogens with zero attached hydrogens (tertiary/aromatic N) is 1. The summed E-state index contributed by atoms with van der Waals surface area (Å²) in [7, 11) is 0. The number of halogens is 1. The summed E-state index contributed by atoms with van der Waals surface area (Å²) in [6.07, 6.45) is 0. The highest BCUT2D eigenvalue weighted by Crippen LogP contribution is 2.31. The predicted molar refractivity (Wildman–Crippen MR) is 116 cm³/mol. The van der Waals surface area contributed by atoms with Crippen molar-refractivity contribution in [3.8, 4) is 0 Å². The second kappa shape index (κ2) is 7.00. The summed E-state index contributed by atoms with van der Waals surface area (Å²) in [5.41, 5.74) is 4.50. The van der Waals surface area contributed by atoms with Crippen molar-refractivity contribution in [2.24, 2.45) is 0 Å². The van der Waals surface area contributed by atoms with Gasteiger partial charge in [0.15, 0.2) is 5.11 Å². The average Bonchev–Trinajstić information content (AvgIpc) is 2.97. The quantitative estimate of drug-likeness (QED) is 0.425. The number of hydrogen-bond acceptors (Lipinski definition) is 1. The van der Waals surface area contributed by atoms with Crippen molar-refractivity contribution in [2.75, 3.05) is 10.6 Å². The number of nitrogens with one attached hydrogen (secondary N) is 2. The SMILES string of the molecule is CCn1c2ccccc2c2cc(NC(=S)Nc3ccc(C)cc3F)ccc21. The number of rotatable bonds is 3. The van der Waals surface area contributed by atoms with E-state index in [9.17, 15) is 4.39 Å². The number of para-hydroxylation sites is 1. The first-order valence-electron chi connectivity index (χ1n) is 8.92. The van der Waals surface area contributed by atoms with Crippen molar-refractivity contribution in [3.05, 3.63) is 72.0 Å². The molecule has 5 heteroatoms. The lowest BCUT2D eigenvalue weighted by molar-refractivity contribution is 0.631. The third-order valence-corrected chi connectivity index (χ3v) is 4.92. The Hall–Kier alpha value is -2.92. The summed E-state index contributed by atoms with van der Waals surface area (Å²) in [5, 5.41) is 8.82. The molecule has 0 radical (unpaired) electrons. The summed E-state index contributed by atoms with van der Waals surface area (Å²) in [6, 6.07) is 19.6. The van der Waals surface area contributed by atoms with Crippen LogP contribution in [-0.4, -0.2) is 9.68 Å². The first-order chi connectivity index (χ1) is 13.1. The number of anilines is 2. The Kier molecular flexibility index (Phi) is 4.54. The van der Waals surface area contributed by atoms with Crippen LogP contribution in [0.5, 0.6) is 0 Å². The molecule has 0 bridgehead atoms. The van der Waals surface area contributed by atoms with Crippen molar-refractivity contribution in [1.29, 1.82) is 0 Å². The summed E-state index contributed by atoms with van der Waals surface area (Å²) in [5.74, 6) is -0.319. The Bertz CT molecular complexity index is 1160. The van der Waals surface area contributed by atoms with E-state index in [-0.39, 0.29) is 5.82 Å². The van der Waals surface area contributed by atoms with E-state index in [1.807, 2.05) is 25.1 Å². The Morgan fingerprint density at radius 1 is 0.963 bits per heavy atom. The normalized spacial score (nSPS) is 11.1. The molecule has 0 aliphatic heterocycles. The molecule has 0 fully saturated rings. The van der Waals surface area contributed by atoms with E-state index in [1.165, 1.54) is 27.9 Å². The van der Waals surface area contributed by atoms with Gasteiger partial charge in [-0.3, -0.25) is 0 Å². The second-order valence-electron chi connectivity index (χ2n) is 6.56. The van der Waals surface area contributed by atoms with E-state index in [4.69, 9.17) is 12.2 Å². The molecule has 0 saturated heterocycles. The summed E-state index contributed by atoms with van der Waals surface area (Å²) in [6.45, 7) is 4.90. The molecule has 2 N–H and O–H groups in total. The number of thiocarbonyl (C=S) groups is 1. The lowest BCUT2D eigenvalue weighted by Crippen LogP contribution is -2.19. The molecule has 0 aliphatic carbocycles. The highest BCUT2D eigenvalue weighted by molar-refractivity contribution is 7.80. The standard InChI is InChI=1S/C22H20FN3S/c1-3-26-20-7-5-4-6-16(20)17-13-15(9-11-21(17)26)24-22(27)25-19-10-8-14(2)12-18(19)23/h4-13H,3H2,1-2H3,(H2,24,25,27). The van der Waals surface area contributed by atoms with Gasteiger partial charge in [-0.15, -0.1) is 0 Å². The molecule has 0 saturated carbocycles. The van der Waals surface area contributed by atoms with Crippen molar-refractivity contribution in [1.82, 2.24) is 4.57 Å². The Labute approximate surface area is 162 Å². The fourth-order valence-electron chi connectivity index (χ4n) is 3.48. The minimum atomic E-state index is -0.319. The maximum Gasteiger partial charge on any atom is 0.175 e. The summed E-state index contributed by atoms with van der Waals surface area (Å²) < 4.78 is 16.3. The van der Waals surface area contributed by atoms with E-state index in [2.05, 4.69) is 52.5 Å². The second-order valence-corrected chi connectivity index (χ2v) is 6.96. The zero-order valence-corrected chi connectivity index (χ0v) is 16.0. The van der Waals surface area contributed by atoms with Crippen molar-refractivity contribution in [2.45, 2.75) is 20.4 Å². The largest absolute Gasteiger partial charge is 0.341 e. The minimum Gasteiger partial charge on any atom is -0.341 e. The van der Waals surface area contributed by atoms with Crippen LogP contribution in [0.2, 0.25) is 0 Å². The van der Waals surface area contributed by atoms with Crippen LogP contribution in [0.1, 0.15) is 12.5 Å². The molecule has 0 atom stereocenters.